The Morgan fingerprint density at radius 1 is 1.14 bits per heavy atom. The van der Waals surface area contributed by atoms with Crippen molar-refractivity contribution in [3.05, 3.63) is 71.4 Å². The minimum absolute atomic E-state index is 0.187. The number of para-hydroxylation sites is 2. The highest BCUT2D eigenvalue weighted by atomic mass is 35.5. The summed E-state index contributed by atoms with van der Waals surface area (Å²) in [5.41, 5.74) is 2.39. The maximum absolute atomic E-state index is 11.8. The van der Waals surface area contributed by atoms with Crippen LogP contribution in [0.3, 0.4) is 0 Å². The van der Waals surface area contributed by atoms with Crippen molar-refractivity contribution >= 4 is 35.5 Å². The molecule has 0 fully saturated rings. The number of halogens is 1. The number of hydrogen-bond acceptors (Lipinski definition) is 6. The number of nitrogens with zero attached hydrogens (tertiary/aromatic N) is 1. The summed E-state index contributed by atoms with van der Waals surface area (Å²) in [5, 5.41) is 5.26. The summed E-state index contributed by atoms with van der Waals surface area (Å²) < 4.78 is 16.2. The molecule has 1 heterocycles. The van der Waals surface area contributed by atoms with Crippen LogP contribution in [0.15, 0.2) is 80.2 Å². The van der Waals surface area contributed by atoms with Gasteiger partial charge in [0, 0.05) is 9.92 Å². The molecule has 0 aliphatic heterocycles. The van der Waals surface area contributed by atoms with Crippen LogP contribution in [-0.4, -0.2) is 25.8 Å². The molecule has 28 heavy (non-hydrogen) atoms. The summed E-state index contributed by atoms with van der Waals surface area (Å²) in [6, 6.07) is 18.1. The number of rotatable bonds is 8. The Morgan fingerprint density at radius 2 is 1.89 bits per heavy atom. The van der Waals surface area contributed by atoms with E-state index >= 15 is 0 Å². The summed E-state index contributed by atoms with van der Waals surface area (Å²) in [6.45, 7) is -0.187. The minimum atomic E-state index is -0.399. The Kier molecular flexibility index (Phi) is 7.00. The van der Waals surface area contributed by atoms with Crippen LogP contribution in [0.2, 0.25) is 5.02 Å². The third-order valence-electron chi connectivity index (χ3n) is 3.44. The first kappa shape index (κ1) is 19.9. The van der Waals surface area contributed by atoms with Crippen molar-refractivity contribution in [1.82, 2.24) is 5.43 Å². The highest BCUT2D eigenvalue weighted by Gasteiger charge is 2.06. The normalized spacial score (nSPS) is 10.8. The Hall–Kier alpha value is -2.90. The van der Waals surface area contributed by atoms with Crippen LogP contribution in [0.4, 0.5) is 0 Å². The number of carbonyl (C=O) groups excluding carboxylic acids is 1. The second-order valence-electron chi connectivity index (χ2n) is 5.45. The first-order valence-electron chi connectivity index (χ1n) is 8.25. The van der Waals surface area contributed by atoms with Gasteiger partial charge in [0.25, 0.3) is 5.91 Å². The molecule has 8 heteroatoms. The number of benzene rings is 2. The van der Waals surface area contributed by atoms with Crippen molar-refractivity contribution in [2.24, 2.45) is 5.10 Å². The van der Waals surface area contributed by atoms with Crippen LogP contribution < -0.4 is 14.9 Å². The van der Waals surface area contributed by atoms with Gasteiger partial charge in [0.05, 0.1) is 13.3 Å². The molecule has 0 saturated heterocycles. The molecule has 0 bridgehead atoms. The van der Waals surface area contributed by atoms with E-state index in [0.29, 0.717) is 27.4 Å². The lowest BCUT2D eigenvalue weighted by Gasteiger charge is -2.08. The zero-order chi connectivity index (χ0) is 19.8. The molecule has 0 aliphatic carbocycles. The summed E-state index contributed by atoms with van der Waals surface area (Å²) in [7, 11) is 1.54. The van der Waals surface area contributed by atoms with Gasteiger partial charge in [0.15, 0.2) is 23.2 Å². The largest absolute Gasteiger partial charge is 0.493 e. The Balaban J connectivity index is 1.47. The van der Waals surface area contributed by atoms with Crippen molar-refractivity contribution in [2.75, 3.05) is 13.7 Å². The van der Waals surface area contributed by atoms with E-state index < -0.39 is 5.91 Å². The zero-order valence-electron chi connectivity index (χ0n) is 14.9. The van der Waals surface area contributed by atoms with E-state index in [-0.39, 0.29) is 6.61 Å². The highest BCUT2D eigenvalue weighted by molar-refractivity contribution is 7.99. The smallest absolute Gasteiger partial charge is 0.277 e. The molecule has 1 amide bonds. The average molecular weight is 417 g/mol. The number of hydrogen-bond donors (Lipinski definition) is 1. The van der Waals surface area contributed by atoms with Crippen LogP contribution >= 0.6 is 23.4 Å². The van der Waals surface area contributed by atoms with Crippen LogP contribution in [0.5, 0.6) is 11.5 Å². The third-order valence-corrected chi connectivity index (χ3v) is 4.62. The van der Waals surface area contributed by atoms with Crippen LogP contribution in [0.1, 0.15) is 5.76 Å². The van der Waals surface area contributed by atoms with Gasteiger partial charge >= 0.3 is 0 Å². The molecule has 0 atom stereocenters. The van der Waals surface area contributed by atoms with E-state index in [2.05, 4.69) is 10.5 Å². The zero-order valence-corrected chi connectivity index (χ0v) is 16.5. The molecule has 1 N–H and O–H groups in total. The molecule has 3 aromatic rings. The fourth-order valence-electron chi connectivity index (χ4n) is 2.16. The van der Waals surface area contributed by atoms with Gasteiger partial charge in [0.1, 0.15) is 5.76 Å². The topological polar surface area (TPSA) is 73.1 Å². The quantitative estimate of drug-likeness (QED) is 0.428. The molecule has 3 rings (SSSR count). The molecule has 0 radical (unpaired) electrons. The predicted molar refractivity (Wildman–Crippen MR) is 109 cm³/mol. The van der Waals surface area contributed by atoms with Crippen molar-refractivity contribution in [3.8, 4) is 11.5 Å². The first-order valence-corrected chi connectivity index (χ1v) is 9.44. The van der Waals surface area contributed by atoms with E-state index in [4.69, 9.17) is 25.5 Å². The van der Waals surface area contributed by atoms with E-state index in [1.807, 2.05) is 36.4 Å². The van der Waals surface area contributed by atoms with Gasteiger partial charge in [-0.2, -0.15) is 5.10 Å². The third kappa shape index (κ3) is 5.80. The van der Waals surface area contributed by atoms with Crippen molar-refractivity contribution < 1.29 is 18.7 Å². The van der Waals surface area contributed by atoms with Crippen molar-refractivity contribution in [3.63, 3.8) is 0 Å². The molecular formula is C20H17ClN2O4S. The SMILES string of the molecule is COc1ccccc1OCC(=O)N/N=C/c1ccc(Sc2ccc(Cl)cc2)o1. The second-order valence-corrected chi connectivity index (χ2v) is 6.96. The fourth-order valence-corrected chi connectivity index (χ4v) is 3.06. The summed E-state index contributed by atoms with van der Waals surface area (Å²) in [5.74, 6) is 1.16. The molecule has 0 aliphatic rings. The van der Waals surface area contributed by atoms with Gasteiger partial charge in [-0.3, -0.25) is 4.79 Å². The van der Waals surface area contributed by atoms with Gasteiger partial charge in [-0.1, -0.05) is 35.5 Å². The number of nitrogens with one attached hydrogen (secondary N) is 1. The summed E-state index contributed by atoms with van der Waals surface area (Å²) in [4.78, 5) is 12.8. The lowest BCUT2D eigenvalue weighted by atomic mass is 10.3. The molecule has 0 unspecified atom stereocenters. The lowest BCUT2D eigenvalue weighted by Crippen LogP contribution is -2.24. The molecule has 1 aromatic heterocycles. The van der Waals surface area contributed by atoms with Crippen LogP contribution in [0, 0.1) is 0 Å². The number of ether oxygens (including phenoxy) is 2. The Morgan fingerprint density at radius 3 is 2.64 bits per heavy atom. The fraction of sp³-hybridized carbons (Fsp3) is 0.100. The second kappa shape index (κ2) is 9.87. The molecule has 0 saturated carbocycles. The number of carbonyl (C=O) groups is 1. The lowest BCUT2D eigenvalue weighted by molar-refractivity contribution is -0.123. The van der Waals surface area contributed by atoms with Crippen LogP contribution in [-0.2, 0) is 4.79 Å². The monoisotopic (exact) mass is 416 g/mol. The van der Waals surface area contributed by atoms with E-state index in [9.17, 15) is 4.79 Å². The average Bonchev–Trinajstić information content (AvgIpc) is 3.15. The first-order chi connectivity index (χ1) is 13.6. The van der Waals surface area contributed by atoms with E-state index in [1.54, 1.807) is 24.3 Å². The van der Waals surface area contributed by atoms with Crippen molar-refractivity contribution in [1.29, 1.82) is 0 Å². The van der Waals surface area contributed by atoms with Gasteiger partial charge in [-0.05, 0) is 48.5 Å². The maximum Gasteiger partial charge on any atom is 0.277 e. The Bertz CT molecular complexity index is 957. The molecular weight excluding hydrogens is 400 g/mol. The van der Waals surface area contributed by atoms with Crippen LogP contribution in [0.25, 0.3) is 0 Å². The van der Waals surface area contributed by atoms with Gasteiger partial charge < -0.3 is 13.9 Å². The number of amides is 1. The van der Waals surface area contributed by atoms with Gasteiger partial charge in [-0.25, -0.2) is 5.43 Å². The number of methoxy groups -OCH3 is 1. The Labute approximate surface area is 171 Å². The highest BCUT2D eigenvalue weighted by Crippen LogP contribution is 2.29. The van der Waals surface area contributed by atoms with Crippen molar-refractivity contribution in [2.45, 2.75) is 9.99 Å². The standard InChI is InChI=1S/C20H17ClN2O4S/c1-25-17-4-2-3-5-18(17)26-13-19(24)23-22-12-15-8-11-20(27-15)28-16-9-6-14(21)7-10-16/h2-12H,13H2,1H3,(H,23,24)/b22-12+. The number of hydrazone groups is 1. The molecule has 144 valence electrons. The van der Waals surface area contributed by atoms with Gasteiger partial charge in [0.2, 0.25) is 0 Å². The predicted octanol–water partition coefficient (Wildman–Crippen LogP) is 4.62. The molecule has 0 spiro atoms. The molecule has 2 aromatic carbocycles. The number of furan rings is 1. The van der Waals surface area contributed by atoms with E-state index in [0.717, 1.165) is 4.90 Å². The summed E-state index contributed by atoms with van der Waals surface area (Å²) >= 11 is 7.33. The minimum Gasteiger partial charge on any atom is -0.493 e. The molecule has 6 nitrogen and oxygen atoms in total. The van der Waals surface area contributed by atoms with Gasteiger partial charge in [-0.15, -0.1) is 0 Å². The maximum atomic E-state index is 11.8. The summed E-state index contributed by atoms with van der Waals surface area (Å²) in [6.07, 6.45) is 1.42. The van der Waals surface area contributed by atoms with E-state index in [1.165, 1.54) is 25.1 Å².